The predicted octanol–water partition coefficient (Wildman–Crippen LogP) is 3.36. The zero-order valence-corrected chi connectivity index (χ0v) is 13.9. The summed E-state index contributed by atoms with van der Waals surface area (Å²) in [4.78, 5) is 2.35. The third-order valence-electron chi connectivity index (χ3n) is 4.33. The quantitative estimate of drug-likeness (QED) is 0.861. The van der Waals surface area contributed by atoms with Crippen molar-refractivity contribution < 1.29 is 12.8 Å². The van der Waals surface area contributed by atoms with Crippen LogP contribution in [0.2, 0.25) is 0 Å². The van der Waals surface area contributed by atoms with Gasteiger partial charge < -0.3 is 4.90 Å². The van der Waals surface area contributed by atoms with E-state index in [1.54, 1.807) is 36.4 Å². The number of anilines is 1. The van der Waals surface area contributed by atoms with Gasteiger partial charge in [0.2, 0.25) is 0 Å². The number of hydrogen-bond acceptors (Lipinski definition) is 3. The van der Waals surface area contributed by atoms with Gasteiger partial charge in [0.1, 0.15) is 5.82 Å². The SMILES string of the molecule is Cc1ccc(F)c2c1N(CCS(=O)(=O)c1ccccc1)CCC2. The zero-order chi connectivity index (χ0) is 16.4. The van der Waals surface area contributed by atoms with Crippen LogP contribution < -0.4 is 4.90 Å². The van der Waals surface area contributed by atoms with E-state index in [1.165, 1.54) is 6.07 Å². The Labute approximate surface area is 136 Å². The molecule has 0 aliphatic carbocycles. The van der Waals surface area contributed by atoms with Gasteiger partial charge in [-0.25, -0.2) is 12.8 Å². The highest BCUT2D eigenvalue weighted by Gasteiger charge is 2.24. The Morgan fingerprint density at radius 3 is 2.61 bits per heavy atom. The molecule has 0 unspecified atom stereocenters. The first kappa shape index (κ1) is 16.0. The Kier molecular flexibility index (Phi) is 4.39. The van der Waals surface area contributed by atoms with Crippen molar-refractivity contribution >= 4 is 15.5 Å². The highest BCUT2D eigenvalue weighted by molar-refractivity contribution is 7.91. The number of aryl methyl sites for hydroxylation is 1. The summed E-state index contributed by atoms with van der Waals surface area (Å²) in [5.41, 5.74) is 2.59. The molecule has 5 heteroatoms. The Balaban J connectivity index is 1.82. The lowest BCUT2D eigenvalue weighted by Gasteiger charge is -2.33. The molecule has 3 nitrogen and oxygen atoms in total. The van der Waals surface area contributed by atoms with Gasteiger partial charge in [0.05, 0.1) is 10.6 Å². The normalized spacial score (nSPS) is 14.6. The third-order valence-corrected chi connectivity index (χ3v) is 6.04. The molecule has 1 heterocycles. The van der Waals surface area contributed by atoms with E-state index in [0.717, 1.165) is 24.2 Å². The fraction of sp³-hybridized carbons (Fsp3) is 0.333. The third kappa shape index (κ3) is 3.24. The molecule has 0 saturated carbocycles. The van der Waals surface area contributed by atoms with Gasteiger partial charge in [0.15, 0.2) is 9.84 Å². The van der Waals surface area contributed by atoms with Crippen molar-refractivity contribution in [2.75, 3.05) is 23.7 Å². The van der Waals surface area contributed by atoms with E-state index < -0.39 is 9.84 Å². The second-order valence-electron chi connectivity index (χ2n) is 5.91. The summed E-state index contributed by atoms with van der Waals surface area (Å²) in [6.07, 6.45) is 1.56. The molecule has 1 aliphatic heterocycles. The van der Waals surface area contributed by atoms with E-state index >= 15 is 0 Å². The zero-order valence-electron chi connectivity index (χ0n) is 13.1. The van der Waals surface area contributed by atoms with Crippen molar-refractivity contribution in [3.63, 3.8) is 0 Å². The average Bonchev–Trinajstić information content (AvgIpc) is 2.57. The molecule has 0 radical (unpaired) electrons. The van der Waals surface area contributed by atoms with Crippen LogP contribution in [-0.2, 0) is 16.3 Å². The van der Waals surface area contributed by atoms with E-state index in [9.17, 15) is 12.8 Å². The Morgan fingerprint density at radius 1 is 1.13 bits per heavy atom. The maximum Gasteiger partial charge on any atom is 0.180 e. The summed E-state index contributed by atoms with van der Waals surface area (Å²) in [6.45, 7) is 3.10. The monoisotopic (exact) mass is 333 g/mol. The van der Waals surface area contributed by atoms with E-state index in [0.29, 0.717) is 23.4 Å². The lowest BCUT2D eigenvalue weighted by molar-refractivity contribution is 0.583. The topological polar surface area (TPSA) is 37.4 Å². The smallest absolute Gasteiger partial charge is 0.180 e. The maximum absolute atomic E-state index is 14.0. The molecule has 0 amide bonds. The minimum Gasteiger partial charge on any atom is -0.370 e. The van der Waals surface area contributed by atoms with Gasteiger partial charge in [-0.05, 0) is 43.5 Å². The van der Waals surface area contributed by atoms with Crippen LogP contribution in [0.25, 0.3) is 0 Å². The van der Waals surface area contributed by atoms with Crippen molar-refractivity contribution in [3.05, 3.63) is 59.4 Å². The van der Waals surface area contributed by atoms with Gasteiger partial charge >= 0.3 is 0 Å². The molecule has 0 saturated heterocycles. The first-order valence-electron chi connectivity index (χ1n) is 7.80. The van der Waals surface area contributed by atoms with E-state index in [1.807, 2.05) is 11.8 Å². The first-order chi connectivity index (χ1) is 11.0. The van der Waals surface area contributed by atoms with Gasteiger partial charge in [-0.15, -0.1) is 0 Å². The number of sulfone groups is 1. The average molecular weight is 333 g/mol. The van der Waals surface area contributed by atoms with Crippen molar-refractivity contribution in [2.45, 2.75) is 24.7 Å². The van der Waals surface area contributed by atoms with Crippen LogP contribution >= 0.6 is 0 Å². The fourth-order valence-electron chi connectivity index (χ4n) is 3.17. The van der Waals surface area contributed by atoms with Crippen molar-refractivity contribution in [3.8, 4) is 0 Å². The van der Waals surface area contributed by atoms with Gasteiger partial charge in [-0.3, -0.25) is 0 Å². The Morgan fingerprint density at radius 2 is 1.87 bits per heavy atom. The molecule has 3 rings (SSSR count). The highest BCUT2D eigenvalue weighted by Crippen LogP contribution is 2.32. The molecular formula is C18H20FNO2S. The van der Waals surface area contributed by atoms with E-state index in [4.69, 9.17) is 0 Å². The van der Waals surface area contributed by atoms with E-state index in [2.05, 4.69) is 0 Å². The number of fused-ring (bicyclic) bond motifs is 1. The highest BCUT2D eigenvalue weighted by atomic mass is 32.2. The first-order valence-corrected chi connectivity index (χ1v) is 9.45. The van der Waals surface area contributed by atoms with Crippen LogP contribution in [0.3, 0.4) is 0 Å². The molecule has 0 spiro atoms. The second-order valence-corrected chi connectivity index (χ2v) is 8.02. The number of nitrogens with zero attached hydrogens (tertiary/aromatic N) is 1. The number of benzene rings is 2. The van der Waals surface area contributed by atoms with Crippen molar-refractivity contribution in [2.24, 2.45) is 0 Å². The van der Waals surface area contributed by atoms with Crippen molar-refractivity contribution in [1.82, 2.24) is 0 Å². The molecule has 0 bridgehead atoms. The molecule has 0 fully saturated rings. The van der Waals surface area contributed by atoms with Crippen LogP contribution in [0.1, 0.15) is 17.5 Å². The van der Waals surface area contributed by atoms with Gasteiger partial charge in [0.25, 0.3) is 0 Å². The minimum absolute atomic E-state index is 0.0341. The Bertz CT molecular complexity index is 803. The van der Waals surface area contributed by atoms with Crippen LogP contribution in [0, 0.1) is 12.7 Å². The number of halogens is 1. The summed E-state index contributed by atoms with van der Waals surface area (Å²) in [5.74, 6) is -0.159. The van der Waals surface area contributed by atoms with Crippen LogP contribution in [0.15, 0.2) is 47.4 Å². The molecule has 2 aromatic rings. The molecule has 0 aromatic heterocycles. The van der Waals surface area contributed by atoms with Gasteiger partial charge in [0, 0.05) is 24.3 Å². The van der Waals surface area contributed by atoms with Crippen molar-refractivity contribution in [1.29, 1.82) is 0 Å². The molecule has 23 heavy (non-hydrogen) atoms. The molecule has 0 atom stereocenters. The molecule has 122 valence electrons. The maximum atomic E-state index is 14.0. The summed E-state index contributed by atoms with van der Waals surface area (Å²) in [7, 11) is -3.32. The number of rotatable bonds is 4. The van der Waals surface area contributed by atoms with Gasteiger partial charge in [-0.1, -0.05) is 24.3 Å². The van der Waals surface area contributed by atoms with Crippen LogP contribution in [-0.4, -0.2) is 27.3 Å². The second kappa shape index (κ2) is 6.32. The fourth-order valence-corrected chi connectivity index (χ4v) is 4.43. The lowest BCUT2D eigenvalue weighted by atomic mass is 9.98. The standard InChI is InChI=1S/C18H20FNO2S/c1-14-9-10-17(19)16-8-5-11-20(18(14)16)12-13-23(21,22)15-6-3-2-4-7-15/h2-4,6-7,9-10H,5,8,11-13H2,1H3. The Hall–Kier alpha value is -1.88. The summed E-state index contributed by atoms with van der Waals surface area (Å²) in [6, 6.07) is 11.7. The predicted molar refractivity (Wildman–Crippen MR) is 90.2 cm³/mol. The van der Waals surface area contributed by atoms with Crippen LogP contribution in [0.4, 0.5) is 10.1 Å². The van der Waals surface area contributed by atoms with E-state index in [-0.39, 0.29) is 11.6 Å². The van der Waals surface area contributed by atoms with Crippen LogP contribution in [0.5, 0.6) is 0 Å². The molecule has 1 aliphatic rings. The summed E-state index contributed by atoms with van der Waals surface area (Å²) >= 11 is 0. The van der Waals surface area contributed by atoms with Gasteiger partial charge in [-0.2, -0.15) is 0 Å². The summed E-state index contributed by atoms with van der Waals surface area (Å²) < 4.78 is 38.9. The largest absolute Gasteiger partial charge is 0.370 e. The molecule has 0 N–H and O–H groups in total. The number of hydrogen-bond donors (Lipinski definition) is 0. The molecule has 2 aromatic carbocycles. The lowest BCUT2D eigenvalue weighted by Crippen LogP contribution is -2.34. The minimum atomic E-state index is -3.32. The summed E-state index contributed by atoms with van der Waals surface area (Å²) in [5, 5.41) is 0. The molecular weight excluding hydrogens is 313 g/mol.